The van der Waals surface area contributed by atoms with Gasteiger partial charge in [0.1, 0.15) is 5.75 Å². The fourth-order valence-electron chi connectivity index (χ4n) is 1.44. The van der Waals surface area contributed by atoms with Gasteiger partial charge in [-0.1, -0.05) is 5.92 Å². The first-order valence-electron chi connectivity index (χ1n) is 4.52. The van der Waals surface area contributed by atoms with Gasteiger partial charge in [-0.05, 0) is 40.6 Å². The molecule has 0 bridgehead atoms. The molecule has 0 aliphatic heterocycles. The van der Waals surface area contributed by atoms with Crippen molar-refractivity contribution in [2.24, 2.45) is 0 Å². The van der Waals surface area contributed by atoms with Crippen LogP contribution in [-0.2, 0) is 0 Å². The van der Waals surface area contributed by atoms with E-state index in [0.717, 1.165) is 22.4 Å². The normalized spacial score (nSPS) is 9.60. The van der Waals surface area contributed by atoms with Crippen LogP contribution < -0.4 is 4.74 Å². The summed E-state index contributed by atoms with van der Waals surface area (Å²) < 4.78 is 5.30. The summed E-state index contributed by atoms with van der Waals surface area (Å²) in [5, 5.41) is 4.12. The lowest BCUT2D eigenvalue weighted by Gasteiger charge is -2.07. The van der Waals surface area contributed by atoms with Gasteiger partial charge in [0.15, 0.2) is 0 Å². The molecule has 0 saturated heterocycles. The predicted octanol–water partition coefficient (Wildman–Crippen LogP) is 3.41. The van der Waals surface area contributed by atoms with Crippen LogP contribution in [0.3, 0.4) is 0 Å². The molecule has 0 unspecified atom stereocenters. The highest BCUT2D eigenvalue weighted by atomic mass is 32.1. The molecule has 2 heteroatoms. The van der Waals surface area contributed by atoms with Crippen molar-refractivity contribution < 1.29 is 4.74 Å². The second-order valence-electron chi connectivity index (χ2n) is 3.07. The molecule has 0 N–H and O–H groups in total. The van der Waals surface area contributed by atoms with Crippen molar-refractivity contribution in [2.45, 2.75) is 0 Å². The number of hydrogen-bond acceptors (Lipinski definition) is 2. The number of methoxy groups -OCH3 is 1. The first-order chi connectivity index (χ1) is 7.35. The molecule has 15 heavy (non-hydrogen) atoms. The number of terminal acetylenes is 1. The minimum Gasteiger partial charge on any atom is -0.496 e. The largest absolute Gasteiger partial charge is 0.496 e. The van der Waals surface area contributed by atoms with E-state index in [-0.39, 0.29) is 0 Å². The quantitative estimate of drug-likeness (QED) is 0.696. The third-order valence-corrected chi connectivity index (χ3v) is 2.88. The Bertz CT molecular complexity index is 492. The first kappa shape index (κ1) is 9.82. The maximum atomic E-state index is 5.38. The summed E-state index contributed by atoms with van der Waals surface area (Å²) in [4.78, 5) is 0. The predicted molar refractivity (Wildman–Crippen MR) is 64.2 cm³/mol. The SMILES string of the molecule is C#Cc1ccc(OC)c(-c2ccsc2)c1. The smallest absolute Gasteiger partial charge is 0.126 e. The zero-order chi connectivity index (χ0) is 10.7. The highest BCUT2D eigenvalue weighted by Gasteiger charge is 2.06. The number of rotatable bonds is 2. The molecule has 0 spiro atoms. The van der Waals surface area contributed by atoms with E-state index in [1.807, 2.05) is 23.6 Å². The molecule has 0 radical (unpaired) electrons. The summed E-state index contributed by atoms with van der Waals surface area (Å²) in [7, 11) is 1.67. The Morgan fingerprint density at radius 2 is 2.20 bits per heavy atom. The minimum absolute atomic E-state index is 0.854. The maximum Gasteiger partial charge on any atom is 0.126 e. The fourth-order valence-corrected chi connectivity index (χ4v) is 2.10. The van der Waals surface area contributed by atoms with Crippen LogP contribution in [0.25, 0.3) is 11.1 Å². The van der Waals surface area contributed by atoms with Gasteiger partial charge in [0.25, 0.3) is 0 Å². The van der Waals surface area contributed by atoms with Gasteiger partial charge in [-0.2, -0.15) is 11.3 Å². The lowest BCUT2D eigenvalue weighted by molar-refractivity contribution is 0.416. The van der Waals surface area contributed by atoms with E-state index in [9.17, 15) is 0 Å². The van der Waals surface area contributed by atoms with Crippen molar-refractivity contribution in [3.63, 3.8) is 0 Å². The van der Waals surface area contributed by atoms with Crippen LogP contribution >= 0.6 is 11.3 Å². The summed E-state index contributed by atoms with van der Waals surface area (Å²) in [5.74, 6) is 3.48. The molecule has 1 nitrogen and oxygen atoms in total. The van der Waals surface area contributed by atoms with Crippen LogP contribution in [0, 0.1) is 12.3 Å². The molecular weight excluding hydrogens is 204 g/mol. The van der Waals surface area contributed by atoms with Crippen LogP contribution in [0.4, 0.5) is 0 Å². The first-order valence-corrected chi connectivity index (χ1v) is 5.46. The Hall–Kier alpha value is -1.72. The lowest BCUT2D eigenvalue weighted by atomic mass is 10.1. The van der Waals surface area contributed by atoms with Crippen molar-refractivity contribution in [3.05, 3.63) is 40.6 Å². The topological polar surface area (TPSA) is 9.23 Å². The Labute approximate surface area is 93.3 Å². The zero-order valence-electron chi connectivity index (χ0n) is 8.36. The third kappa shape index (κ3) is 1.88. The van der Waals surface area contributed by atoms with Crippen molar-refractivity contribution in [2.75, 3.05) is 7.11 Å². The van der Waals surface area contributed by atoms with Crippen LogP contribution in [0.2, 0.25) is 0 Å². The molecule has 0 amide bonds. The molecule has 0 atom stereocenters. The van der Waals surface area contributed by atoms with Gasteiger partial charge in [-0.3, -0.25) is 0 Å². The van der Waals surface area contributed by atoms with E-state index in [1.54, 1.807) is 18.4 Å². The minimum atomic E-state index is 0.854. The van der Waals surface area contributed by atoms with Crippen LogP contribution in [0.1, 0.15) is 5.56 Å². The van der Waals surface area contributed by atoms with Crippen molar-refractivity contribution >= 4 is 11.3 Å². The lowest BCUT2D eigenvalue weighted by Crippen LogP contribution is -1.87. The Morgan fingerprint density at radius 1 is 1.33 bits per heavy atom. The fraction of sp³-hybridized carbons (Fsp3) is 0.0769. The molecule has 0 saturated carbocycles. The van der Waals surface area contributed by atoms with E-state index >= 15 is 0 Å². The molecule has 74 valence electrons. The Balaban J connectivity index is 2.58. The summed E-state index contributed by atoms with van der Waals surface area (Å²) in [6.07, 6.45) is 5.38. The van der Waals surface area contributed by atoms with Crippen LogP contribution in [0.5, 0.6) is 5.75 Å². The van der Waals surface area contributed by atoms with Gasteiger partial charge in [0.2, 0.25) is 0 Å². The summed E-state index contributed by atoms with van der Waals surface area (Å²) in [6, 6.07) is 7.82. The zero-order valence-corrected chi connectivity index (χ0v) is 9.17. The molecule has 1 aromatic carbocycles. The molecule has 0 aliphatic rings. The number of thiophene rings is 1. The summed E-state index contributed by atoms with van der Waals surface area (Å²) in [6.45, 7) is 0. The van der Waals surface area contributed by atoms with E-state index < -0.39 is 0 Å². The van der Waals surface area contributed by atoms with Gasteiger partial charge >= 0.3 is 0 Å². The molecule has 2 aromatic rings. The monoisotopic (exact) mass is 214 g/mol. The second-order valence-corrected chi connectivity index (χ2v) is 3.85. The van der Waals surface area contributed by atoms with Gasteiger partial charge < -0.3 is 4.74 Å². The average molecular weight is 214 g/mol. The van der Waals surface area contributed by atoms with Crippen molar-refractivity contribution in [1.82, 2.24) is 0 Å². The Kier molecular flexibility index (Phi) is 2.75. The standard InChI is InChI=1S/C13H10OS/c1-3-10-4-5-13(14-2)12(8-10)11-6-7-15-9-11/h1,4-9H,2H3. The van der Waals surface area contributed by atoms with E-state index in [0.29, 0.717) is 0 Å². The maximum absolute atomic E-state index is 5.38. The second kappa shape index (κ2) is 4.20. The van der Waals surface area contributed by atoms with Gasteiger partial charge in [-0.15, -0.1) is 6.42 Å². The van der Waals surface area contributed by atoms with Gasteiger partial charge in [0.05, 0.1) is 7.11 Å². The van der Waals surface area contributed by atoms with Gasteiger partial charge in [0, 0.05) is 11.1 Å². The molecule has 2 rings (SSSR count). The summed E-state index contributed by atoms with van der Waals surface area (Å²) >= 11 is 1.66. The summed E-state index contributed by atoms with van der Waals surface area (Å²) in [5.41, 5.74) is 3.07. The van der Waals surface area contributed by atoms with Crippen molar-refractivity contribution in [3.8, 4) is 29.2 Å². The highest BCUT2D eigenvalue weighted by Crippen LogP contribution is 2.31. The Morgan fingerprint density at radius 3 is 2.80 bits per heavy atom. The molecule has 1 heterocycles. The number of benzene rings is 1. The van der Waals surface area contributed by atoms with Crippen LogP contribution in [-0.4, -0.2) is 7.11 Å². The highest BCUT2D eigenvalue weighted by molar-refractivity contribution is 7.08. The van der Waals surface area contributed by atoms with E-state index in [2.05, 4.69) is 17.4 Å². The molecule has 0 aliphatic carbocycles. The van der Waals surface area contributed by atoms with Gasteiger partial charge in [-0.25, -0.2) is 0 Å². The number of ether oxygens (including phenoxy) is 1. The van der Waals surface area contributed by atoms with E-state index in [1.165, 1.54) is 0 Å². The number of hydrogen-bond donors (Lipinski definition) is 0. The molecular formula is C13H10OS. The molecule has 1 aromatic heterocycles. The van der Waals surface area contributed by atoms with Crippen LogP contribution in [0.15, 0.2) is 35.0 Å². The molecule has 0 fully saturated rings. The average Bonchev–Trinajstić information content (AvgIpc) is 2.81. The van der Waals surface area contributed by atoms with Crippen molar-refractivity contribution in [1.29, 1.82) is 0 Å². The third-order valence-electron chi connectivity index (χ3n) is 2.20. The van der Waals surface area contributed by atoms with E-state index in [4.69, 9.17) is 11.2 Å².